The molecule has 18 heavy (non-hydrogen) atoms. The summed E-state index contributed by atoms with van der Waals surface area (Å²) in [5, 5.41) is 3.51. The van der Waals surface area contributed by atoms with Crippen molar-refractivity contribution in [2.24, 2.45) is 0 Å². The number of nitrogens with one attached hydrogen (secondary N) is 1. The predicted molar refractivity (Wildman–Crippen MR) is 82.6 cm³/mol. The standard InChI is InChI=1S/C13H17N3S2/c1-17-13(5-2-6-13)7-15-9-3-4-10-12(11(9)14)16-8-18-10/h3-4,8,15H,2,5-7,14H2,1H3. The summed E-state index contributed by atoms with van der Waals surface area (Å²) in [5.41, 5.74) is 10.7. The highest BCUT2D eigenvalue weighted by molar-refractivity contribution is 8.00. The molecule has 1 aromatic carbocycles. The summed E-state index contributed by atoms with van der Waals surface area (Å²) >= 11 is 3.60. The first kappa shape index (κ1) is 12.1. The molecule has 1 saturated carbocycles. The number of benzene rings is 1. The molecule has 96 valence electrons. The minimum atomic E-state index is 0.420. The number of nitrogens with zero attached hydrogens (tertiary/aromatic N) is 1. The fourth-order valence-corrected chi connectivity index (χ4v) is 3.99. The second-order valence-corrected chi connectivity index (χ2v) is 6.98. The van der Waals surface area contributed by atoms with Crippen LogP contribution in [0.4, 0.5) is 11.4 Å². The number of hydrogen-bond donors (Lipinski definition) is 2. The normalized spacial score (nSPS) is 17.6. The molecule has 2 aromatic rings. The lowest BCUT2D eigenvalue weighted by Gasteiger charge is -2.40. The van der Waals surface area contributed by atoms with Crippen LogP contribution in [0.5, 0.6) is 0 Å². The molecular weight excluding hydrogens is 262 g/mol. The van der Waals surface area contributed by atoms with Crippen LogP contribution in [0.2, 0.25) is 0 Å². The molecule has 0 spiro atoms. The first-order valence-corrected chi connectivity index (χ1v) is 8.25. The molecule has 0 saturated heterocycles. The highest BCUT2D eigenvalue weighted by Gasteiger charge is 2.35. The van der Waals surface area contributed by atoms with Gasteiger partial charge in [0, 0.05) is 11.3 Å². The monoisotopic (exact) mass is 279 g/mol. The first-order chi connectivity index (χ1) is 8.74. The Morgan fingerprint density at radius 2 is 2.33 bits per heavy atom. The molecule has 0 aliphatic heterocycles. The van der Waals surface area contributed by atoms with E-state index in [0.29, 0.717) is 4.75 Å². The van der Waals surface area contributed by atoms with E-state index in [-0.39, 0.29) is 0 Å². The number of hydrogen-bond acceptors (Lipinski definition) is 5. The molecular formula is C13H17N3S2. The van der Waals surface area contributed by atoms with Crippen LogP contribution in [-0.2, 0) is 0 Å². The Kier molecular flexibility index (Phi) is 3.11. The maximum atomic E-state index is 6.17. The highest BCUT2D eigenvalue weighted by atomic mass is 32.2. The molecule has 3 rings (SSSR count). The van der Waals surface area contributed by atoms with Crippen LogP contribution in [0.25, 0.3) is 10.2 Å². The maximum Gasteiger partial charge on any atom is 0.106 e. The van der Waals surface area contributed by atoms with E-state index < -0.39 is 0 Å². The van der Waals surface area contributed by atoms with Gasteiger partial charge in [-0.15, -0.1) is 11.3 Å². The van der Waals surface area contributed by atoms with Crippen molar-refractivity contribution in [1.29, 1.82) is 0 Å². The van der Waals surface area contributed by atoms with Crippen LogP contribution in [0, 0.1) is 0 Å². The SMILES string of the molecule is CSC1(CNc2ccc3scnc3c2N)CCC1. The first-order valence-electron chi connectivity index (χ1n) is 6.15. The van der Waals surface area contributed by atoms with E-state index in [9.17, 15) is 0 Å². The Bertz CT molecular complexity index is 555. The smallest absolute Gasteiger partial charge is 0.106 e. The van der Waals surface area contributed by atoms with Crippen molar-refractivity contribution in [3.05, 3.63) is 17.6 Å². The van der Waals surface area contributed by atoms with Crippen LogP contribution in [0.15, 0.2) is 17.6 Å². The topological polar surface area (TPSA) is 50.9 Å². The molecule has 1 fully saturated rings. The highest BCUT2D eigenvalue weighted by Crippen LogP contribution is 2.43. The van der Waals surface area contributed by atoms with Gasteiger partial charge in [0.25, 0.3) is 0 Å². The fraction of sp³-hybridized carbons (Fsp3) is 0.462. The summed E-state index contributed by atoms with van der Waals surface area (Å²) in [6.07, 6.45) is 6.16. The van der Waals surface area contributed by atoms with Gasteiger partial charge < -0.3 is 11.1 Å². The molecule has 1 aromatic heterocycles. The number of nitrogen functional groups attached to an aromatic ring is 1. The number of thiazole rings is 1. The molecule has 1 aliphatic rings. The van der Waals surface area contributed by atoms with Gasteiger partial charge in [-0.2, -0.15) is 11.8 Å². The molecule has 0 bridgehead atoms. The zero-order chi connectivity index (χ0) is 12.6. The molecule has 3 N–H and O–H groups in total. The predicted octanol–water partition coefficient (Wildman–Crippen LogP) is 3.58. The zero-order valence-electron chi connectivity index (χ0n) is 10.4. The Morgan fingerprint density at radius 3 is 3.00 bits per heavy atom. The summed E-state index contributed by atoms with van der Waals surface area (Å²) in [5.74, 6) is 0. The van der Waals surface area contributed by atoms with Crippen LogP contribution >= 0.6 is 23.1 Å². The third-order valence-corrected chi connectivity index (χ3v) is 6.05. The second kappa shape index (κ2) is 4.63. The minimum absolute atomic E-state index is 0.420. The molecule has 0 amide bonds. The molecule has 1 aliphatic carbocycles. The lowest BCUT2D eigenvalue weighted by atomic mass is 9.84. The van der Waals surface area contributed by atoms with E-state index >= 15 is 0 Å². The Labute approximate surface area is 115 Å². The van der Waals surface area contributed by atoms with Crippen molar-refractivity contribution in [2.75, 3.05) is 23.9 Å². The summed E-state index contributed by atoms with van der Waals surface area (Å²) in [6.45, 7) is 0.994. The number of rotatable bonds is 4. The summed E-state index contributed by atoms with van der Waals surface area (Å²) in [6, 6.07) is 4.17. The maximum absolute atomic E-state index is 6.17. The van der Waals surface area contributed by atoms with Crippen molar-refractivity contribution in [3.63, 3.8) is 0 Å². The van der Waals surface area contributed by atoms with Crippen molar-refractivity contribution >= 4 is 44.7 Å². The molecule has 0 unspecified atom stereocenters. The molecule has 0 atom stereocenters. The largest absolute Gasteiger partial charge is 0.395 e. The van der Waals surface area contributed by atoms with Gasteiger partial charge in [0.1, 0.15) is 5.52 Å². The van der Waals surface area contributed by atoms with Crippen LogP contribution in [-0.4, -0.2) is 22.5 Å². The zero-order valence-corrected chi connectivity index (χ0v) is 12.0. The third-order valence-electron chi connectivity index (χ3n) is 3.84. The average molecular weight is 279 g/mol. The number of fused-ring (bicyclic) bond motifs is 1. The lowest BCUT2D eigenvalue weighted by Crippen LogP contribution is -2.40. The summed E-state index contributed by atoms with van der Waals surface area (Å²) in [4.78, 5) is 4.33. The van der Waals surface area contributed by atoms with Crippen molar-refractivity contribution in [2.45, 2.75) is 24.0 Å². The van der Waals surface area contributed by atoms with Gasteiger partial charge in [0.15, 0.2) is 0 Å². The van der Waals surface area contributed by atoms with Gasteiger partial charge in [0.2, 0.25) is 0 Å². The van der Waals surface area contributed by atoms with Crippen molar-refractivity contribution in [3.8, 4) is 0 Å². The van der Waals surface area contributed by atoms with Crippen LogP contribution < -0.4 is 11.1 Å². The van der Waals surface area contributed by atoms with E-state index in [1.54, 1.807) is 11.3 Å². The average Bonchev–Trinajstić information content (AvgIpc) is 2.80. The van der Waals surface area contributed by atoms with Gasteiger partial charge in [0.05, 0.1) is 21.6 Å². The minimum Gasteiger partial charge on any atom is -0.395 e. The summed E-state index contributed by atoms with van der Waals surface area (Å²) in [7, 11) is 0. The molecule has 5 heteroatoms. The van der Waals surface area contributed by atoms with Gasteiger partial charge >= 0.3 is 0 Å². The molecule has 0 radical (unpaired) electrons. The van der Waals surface area contributed by atoms with E-state index in [1.165, 1.54) is 19.3 Å². The van der Waals surface area contributed by atoms with Crippen molar-refractivity contribution < 1.29 is 0 Å². The van der Waals surface area contributed by atoms with E-state index in [0.717, 1.165) is 28.1 Å². The van der Waals surface area contributed by atoms with E-state index in [4.69, 9.17) is 5.73 Å². The Morgan fingerprint density at radius 1 is 1.50 bits per heavy atom. The number of aromatic nitrogens is 1. The summed E-state index contributed by atoms with van der Waals surface area (Å²) < 4.78 is 1.57. The van der Waals surface area contributed by atoms with Gasteiger partial charge in [-0.05, 0) is 31.2 Å². The van der Waals surface area contributed by atoms with Gasteiger partial charge in [-0.25, -0.2) is 4.98 Å². The van der Waals surface area contributed by atoms with Gasteiger partial charge in [-0.3, -0.25) is 0 Å². The lowest BCUT2D eigenvalue weighted by molar-refractivity contribution is 0.380. The van der Waals surface area contributed by atoms with Gasteiger partial charge in [-0.1, -0.05) is 6.42 Å². The number of anilines is 2. The van der Waals surface area contributed by atoms with Crippen LogP contribution in [0.1, 0.15) is 19.3 Å². The third kappa shape index (κ3) is 1.95. The van der Waals surface area contributed by atoms with Crippen LogP contribution in [0.3, 0.4) is 0 Å². The fourth-order valence-electron chi connectivity index (χ4n) is 2.39. The van der Waals surface area contributed by atoms with Crippen molar-refractivity contribution in [1.82, 2.24) is 4.98 Å². The molecule has 1 heterocycles. The van der Waals surface area contributed by atoms with E-state index in [1.807, 2.05) is 17.3 Å². The van der Waals surface area contributed by atoms with E-state index in [2.05, 4.69) is 28.7 Å². The second-order valence-electron chi connectivity index (χ2n) is 4.82. The Hall–Kier alpha value is -0.940. The number of thioether (sulfide) groups is 1. The Balaban J connectivity index is 1.80. The number of nitrogens with two attached hydrogens (primary N) is 1. The molecule has 3 nitrogen and oxygen atoms in total. The quantitative estimate of drug-likeness (QED) is 0.840.